The molecule has 1 unspecified atom stereocenters. The third kappa shape index (κ3) is 2.97. The van der Waals surface area contributed by atoms with Gasteiger partial charge in [0.05, 0.1) is 11.3 Å². The third-order valence-electron chi connectivity index (χ3n) is 2.57. The number of nitriles is 1. The second kappa shape index (κ2) is 5.35. The molecule has 4 heteroatoms. The average molecular weight is 231 g/mol. The Hall–Kier alpha value is -2.02. The van der Waals surface area contributed by atoms with E-state index < -0.39 is 0 Å². The monoisotopic (exact) mass is 231 g/mol. The molecule has 1 atom stereocenters. The molecule has 0 radical (unpaired) electrons. The molecular formula is C13H17N3O. The zero-order valence-electron chi connectivity index (χ0n) is 10.6. The maximum atomic E-state index is 11.7. The molecule has 0 aromatic heterocycles. The van der Waals surface area contributed by atoms with Crippen molar-refractivity contribution in [2.24, 2.45) is 0 Å². The molecule has 1 aromatic carbocycles. The van der Waals surface area contributed by atoms with Crippen molar-refractivity contribution in [1.29, 1.82) is 5.26 Å². The maximum absolute atomic E-state index is 11.7. The fraction of sp³-hybridized carbons (Fsp3) is 0.385. The summed E-state index contributed by atoms with van der Waals surface area (Å²) in [7, 11) is 3.42. The topological polar surface area (TPSA) is 56.1 Å². The van der Waals surface area contributed by atoms with Crippen molar-refractivity contribution < 1.29 is 4.79 Å². The van der Waals surface area contributed by atoms with E-state index in [2.05, 4.69) is 11.4 Å². The van der Waals surface area contributed by atoms with Crippen LogP contribution in [0.15, 0.2) is 18.2 Å². The standard InChI is InChI=1S/C13H17N3O/c1-9-6-5-7-12(11(9)8-14)15-10(2)13(17)16(3)4/h5-7,10,15H,1-4H3. The maximum Gasteiger partial charge on any atom is 0.244 e. The van der Waals surface area contributed by atoms with Gasteiger partial charge in [-0.05, 0) is 25.5 Å². The van der Waals surface area contributed by atoms with Gasteiger partial charge in [0, 0.05) is 14.1 Å². The molecule has 4 nitrogen and oxygen atoms in total. The van der Waals surface area contributed by atoms with E-state index >= 15 is 0 Å². The highest BCUT2D eigenvalue weighted by Gasteiger charge is 2.16. The molecule has 0 aliphatic heterocycles. The largest absolute Gasteiger partial charge is 0.373 e. The third-order valence-corrected chi connectivity index (χ3v) is 2.57. The van der Waals surface area contributed by atoms with Crippen LogP contribution in [0.4, 0.5) is 5.69 Å². The van der Waals surface area contributed by atoms with Crippen LogP contribution in [0.2, 0.25) is 0 Å². The van der Waals surface area contributed by atoms with Crippen LogP contribution >= 0.6 is 0 Å². The lowest BCUT2D eigenvalue weighted by Gasteiger charge is -2.19. The van der Waals surface area contributed by atoms with Gasteiger partial charge in [0.25, 0.3) is 0 Å². The number of likely N-dealkylation sites (N-methyl/N-ethyl adjacent to an activating group) is 1. The molecule has 1 amide bonds. The number of carbonyl (C=O) groups is 1. The Kier molecular flexibility index (Phi) is 4.11. The number of carbonyl (C=O) groups excluding carboxylic acids is 1. The van der Waals surface area contributed by atoms with Crippen molar-refractivity contribution in [3.05, 3.63) is 29.3 Å². The van der Waals surface area contributed by atoms with Crippen molar-refractivity contribution in [1.82, 2.24) is 4.90 Å². The van der Waals surface area contributed by atoms with E-state index in [-0.39, 0.29) is 11.9 Å². The van der Waals surface area contributed by atoms with E-state index in [4.69, 9.17) is 5.26 Å². The van der Waals surface area contributed by atoms with Crippen LogP contribution < -0.4 is 5.32 Å². The number of hydrogen-bond donors (Lipinski definition) is 1. The summed E-state index contributed by atoms with van der Waals surface area (Å²) in [6.45, 7) is 3.66. The SMILES string of the molecule is Cc1cccc(NC(C)C(=O)N(C)C)c1C#N. The molecule has 0 heterocycles. The minimum Gasteiger partial charge on any atom is -0.373 e. The number of amides is 1. The molecule has 0 fully saturated rings. The van der Waals surface area contributed by atoms with Crippen LogP contribution in [-0.2, 0) is 4.79 Å². The fourth-order valence-electron chi connectivity index (χ4n) is 1.62. The lowest BCUT2D eigenvalue weighted by Crippen LogP contribution is -2.36. The molecule has 1 N–H and O–H groups in total. The van der Waals surface area contributed by atoms with Gasteiger partial charge < -0.3 is 10.2 Å². The van der Waals surface area contributed by atoms with E-state index in [1.165, 1.54) is 4.90 Å². The lowest BCUT2D eigenvalue weighted by atomic mass is 10.1. The molecule has 1 rings (SSSR count). The molecule has 17 heavy (non-hydrogen) atoms. The quantitative estimate of drug-likeness (QED) is 0.862. The van der Waals surface area contributed by atoms with Crippen molar-refractivity contribution >= 4 is 11.6 Å². The molecule has 0 aliphatic carbocycles. The van der Waals surface area contributed by atoms with Gasteiger partial charge in [-0.2, -0.15) is 5.26 Å². The first-order valence-corrected chi connectivity index (χ1v) is 5.44. The number of benzene rings is 1. The summed E-state index contributed by atoms with van der Waals surface area (Å²) >= 11 is 0. The second-order valence-electron chi connectivity index (χ2n) is 4.21. The Bertz CT molecular complexity index is 460. The summed E-state index contributed by atoms with van der Waals surface area (Å²) in [6.07, 6.45) is 0. The van der Waals surface area contributed by atoms with E-state index in [0.29, 0.717) is 11.3 Å². The van der Waals surface area contributed by atoms with Crippen LogP contribution in [0.25, 0.3) is 0 Å². The molecular weight excluding hydrogens is 214 g/mol. The second-order valence-corrected chi connectivity index (χ2v) is 4.21. The highest BCUT2D eigenvalue weighted by molar-refractivity contribution is 5.84. The minimum atomic E-state index is -0.348. The van der Waals surface area contributed by atoms with Gasteiger partial charge in [-0.25, -0.2) is 0 Å². The van der Waals surface area contributed by atoms with Crippen molar-refractivity contribution in [2.75, 3.05) is 19.4 Å². The van der Waals surface area contributed by atoms with Crippen LogP contribution in [0, 0.1) is 18.3 Å². The van der Waals surface area contributed by atoms with Gasteiger partial charge in [0.1, 0.15) is 12.1 Å². The van der Waals surface area contributed by atoms with Gasteiger partial charge in [-0.1, -0.05) is 12.1 Å². The first-order valence-electron chi connectivity index (χ1n) is 5.44. The smallest absolute Gasteiger partial charge is 0.244 e. The zero-order chi connectivity index (χ0) is 13.0. The van der Waals surface area contributed by atoms with Crippen LogP contribution in [0.1, 0.15) is 18.1 Å². The van der Waals surface area contributed by atoms with Crippen LogP contribution in [-0.4, -0.2) is 30.9 Å². The summed E-state index contributed by atoms with van der Waals surface area (Å²) in [4.78, 5) is 13.2. The van der Waals surface area contributed by atoms with Crippen molar-refractivity contribution in [3.63, 3.8) is 0 Å². The van der Waals surface area contributed by atoms with E-state index in [1.54, 1.807) is 21.0 Å². The molecule has 0 saturated carbocycles. The number of anilines is 1. The van der Waals surface area contributed by atoms with E-state index in [1.807, 2.05) is 25.1 Å². The number of hydrogen-bond acceptors (Lipinski definition) is 3. The number of nitrogens with zero attached hydrogens (tertiary/aromatic N) is 2. The normalized spacial score (nSPS) is 11.5. The molecule has 0 saturated heterocycles. The van der Waals surface area contributed by atoms with E-state index in [0.717, 1.165) is 5.56 Å². The Labute approximate surface area is 102 Å². The Morgan fingerprint density at radius 3 is 2.65 bits per heavy atom. The zero-order valence-corrected chi connectivity index (χ0v) is 10.6. The highest BCUT2D eigenvalue weighted by Crippen LogP contribution is 2.19. The van der Waals surface area contributed by atoms with Gasteiger partial charge >= 0.3 is 0 Å². The summed E-state index contributed by atoms with van der Waals surface area (Å²) in [5.74, 6) is -0.0182. The van der Waals surface area contributed by atoms with Crippen molar-refractivity contribution in [2.45, 2.75) is 19.9 Å². The first kappa shape index (κ1) is 13.0. The molecule has 0 bridgehead atoms. The average Bonchev–Trinajstić information content (AvgIpc) is 2.28. The van der Waals surface area contributed by atoms with Gasteiger partial charge in [-0.3, -0.25) is 4.79 Å². The predicted molar refractivity (Wildman–Crippen MR) is 67.7 cm³/mol. The summed E-state index contributed by atoms with van der Waals surface area (Å²) < 4.78 is 0. The summed E-state index contributed by atoms with van der Waals surface area (Å²) in [5.41, 5.74) is 2.20. The van der Waals surface area contributed by atoms with E-state index in [9.17, 15) is 4.79 Å². The predicted octanol–water partition coefficient (Wildman–Crippen LogP) is 1.76. The van der Waals surface area contributed by atoms with Gasteiger partial charge in [0.2, 0.25) is 5.91 Å². The molecule has 1 aromatic rings. The number of rotatable bonds is 3. The highest BCUT2D eigenvalue weighted by atomic mass is 16.2. The first-order chi connectivity index (χ1) is 7.97. The van der Waals surface area contributed by atoms with Crippen molar-refractivity contribution in [3.8, 4) is 6.07 Å². The van der Waals surface area contributed by atoms with Crippen LogP contribution in [0.3, 0.4) is 0 Å². The summed E-state index contributed by atoms with van der Waals surface area (Å²) in [6, 6.07) is 7.36. The Morgan fingerprint density at radius 2 is 2.12 bits per heavy atom. The molecule has 0 aliphatic rings. The van der Waals surface area contributed by atoms with Gasteiger partial charge in [-0.15, -0.1) is 0 Å². The Morgan fingerprint density at radius 1 is 1.47 bits per heavy atom. The summed E-state index contributed by atoms with van der Waals surface area (Å²) in [5, 5.41) is 12.1. The fourth-order valence-corrected chi connectivity index (χ4v) is 1.62. The number of aryl methyl sites for hydroxylation is 1. The number of nitrogens with one attached hydrogen (secondary N) is 1. The minimum absolute atomic E-state index is 0.0182. The Balaban J connectivity index is 2.93. The van der Waals surface area contributed by atoms with Crippen LogP contribution in [0.5, 0.6) is 0 Å². The molecule has 0 spiro atoms. The molecule has 90 valence electrons. The van der Waals surface area contributed by atoms with Gasteiger partial charge in [0.15, 0.2) is 0 Å². The lowest BCUT2D eigenvalue weighted by molar-refractivity contribution is -0.129.